The number of piperazine rings is 1. The molecule has 2 amide bonds. The fourth-order valence-corrected chi connectivity index (χ4v) is 3.72. The normalized spacial score (nSPS) is 16.1. The van der Waals surface area contributed by atoms with Crippen molar-refractivity contribution < 1.29 is 19.1 Å². The van der Waals surface area contributed by atoms with Gasteiger partial charge >= 0.3 is 5.97 Å². The van der Waals surface area contributed by atoms with Gasteiger partial charge in [-0.25, -0.2) is 0 Å². The average Bonchev–Trinajstić information content (AvgIpc) is 2.72. The lowest BCUT2D eigenvalue weighted by Gasteiger charge is -2.36. The molecule has 8 heteroatoms. The topological polar surface area (TPSA) is 87.7 Å². The molecule has 0 aromatic carbocycles. The van der Waals surface area contributed by atoms with E-state index in [0.29, 0.717) is 26.1 Å². The third-order valence-electron chi connectivity index (χ3n) is 5.22. The van der Waals surface area contributed by atoms with Crippen molar-refractivity contribution in [2.75, 3.05) is 19.7 Å². The lowest BCUT2D eigenvalue weighted by atomic mass is 10.1. The van der Waals surface area contributed by atoms with Crippen LogP contribution in [0.1, 0.15) is 90.9 Å². The summed E-state index contributed by atoms with van der Waals surface area (Å²) < 4.78 is 5.32. The Balaban J connectivity index is 2.34. The molecule has 7 nitrogen and oxygen atoms in total. The van der Waals surface area contributed by atoms with Gasteiger partial charge in [0, 0.05) is 19.5 Å². The molecule has 1 atom stereocenters. The van der Waals surface area contributed by atoms with E-state index in [2.05, 4.69) is 17.6 Å². The van der Waals surface area contributed by atoms with E-state index in [1.807, 2.05) is 6.92 Å². The number of carbonyl (C=O) groups is 3. The molecule has 1 aliphatic heterocycles. The molecule has 0 aromatic heterocycles. The molecular weight excluding hydrogens is 402 g/mol. The Morgan fingerprint density at radius 1 is 1.07 bits per heavy atom. The Morgan fingerprint density at radius 2 is 1.70 bits per heavy atom. The summed E-state index contributed by atoms with van der Waals surface area (Å²) in [5, 5.41) is 5.63. The number of nitrogens with one attached hydrogen (secondary N) is 2. The van der Waals surface area contributed by atoms with Crippen molar-refractivity contribution in [1.82, 2.24) is 15.5 Å². The quantitative estimate of drug-likeness (QED) is 0.244. The van der Waals surface area contributed by atoms with Crippen LogP contribution in [-0.4, -0.2) is 53.5 Å². The minimum Gasteiger partial charge on any atom is -0.466 e. The Morgan fingerprint density at radius 3 is 2.37 bits per heavy atom. The maximum atomic E-state index is 12.3. The second-order valence-corrected chi connectivity index (χ2v) is 8.24. The molecule has 0 saturated carbocycles. The smallest absolute Gasteiger partial charge is 0.308 e. The highest BCUT2D eigenvalue weighted by Crippen LogP contribution is 2.12. The van der Waals surface area contributed by atoms with Crippen LogP contribution >= 0.6 is 12.2 Å². The van der Waals surface area contributed by atoms with Crippen molar-refractivity contribution >= 4 is 35.1 Å². The fraction of sp³-hybridized carbons (Fsp3) is 0.818. The van der Waals surface area contributed by atoms with Crippen molar-refractivity contribution in [1.29, 1.82) is 0 Å². The van der Waals surface area contributed by atoms with Gasteiger partial charge in [0.25, 0.3) is 0 Å². The van der Waals surface area contributed by atoms with E-state index in [9.17, 15) is 14.4 Å². The number of carbonyl (C=O) groups excluding carboxylic acids is 3. The minimum atomic E-state index is -0.746. The van der Waals surface area contributed by atoms with Gasteiger partial charge < -0.3 is 20.3 Å². The van der Waals surface area contributed by atoms with E-state index >= 15 is 0 Å². The highest BCUT2D eigenvalue weighted by Gasteiger charge is 2.34. The molecule has 1 aliphatic rings. The van der Waals surface area contributed by atoms with Gasteiger partial charge in [-0.05, 0) is 25.1 Å². The second-order valence-electron chi connectivity index (χ2n) is 7.86. The van der Waals surface area contributed by atoms with E-state index in [4.69, 9.17) is 17.0 Å². The molecule has 0 aromatic rings. The van der Waals surface area contributed by atoms with Crippen molar-refractivity contribution in [2.45, 2.75) is 96.9 Å². The molecule has 30 heavy (non-hydrogen) atoms. The van der Waals surface area contributed by atoms with Gasteiger partial charge in [-0.1, -0.05) is 65.2 Å². The SMILES string of the molecule is CCCCCCCCCCOC(=O)CC1C(=O)NCCN1C(=S)NC(=O)CCCC. The van der Waals surface area contributed by atoms with Crippen LogP contribution in [0.3, 0.4) is 0 Å². The number of hydrogen-bond acceptors (Lipinski definition) is 5. The zero-order valence-corrected chi connectivity index (χ0v) is 19.5. The van der Waals surface area contributed by atoms with Crippen molar-refractivity contribution in [2.24, 2.45) is 0 Å². The van der Waals surface area contributed by atoms with Crippen molar-refractivity contribution in [3.05, 3.63) is 0 Å². The van der Waals surface area contributed by atoms with Crippen molar-refractivity contribution in [3.8, 4) is 0 Å². The minimum absolute atomic E-state index is 0.0756. The first kappa shape index (κ1) is 26.3. The van der Waals surface area contributed by atoms with Gasteiger partial charge in [0.2, 0.25) is 11.8 Å². The number of esters is 1. The summed E-state index contributed by atoms with van der Waals surface area (Å²) in [5.41, 5.74) is 0. The van der Waals surface area contributed by atoms with Crippen LogP contribution in [0.15, 0.2) is 0 Å². The molecule has 0 radical (unpaired) electrons. The summed E-state index contributed by atoms with van der Waals surface area (Å²) >= 11 is 5.32. The highest BCUT2D eigenvalue weighted by molar-refractivity contribution is 7.80. The standard InChI is InChI=1S/C22H39N3O4S/c1-3-5-7-8-9-10-11-12-16-29-20(27)17-18-21(28)23-14-15-25(18)22(30)24-19(26)13-6-4-2/h18H,3-17H2,1-2H3,(H,23,28)(H,24,26,30). The predicted octanol–water partition coefficient (Wildman–Crippen LogP) is 3.45. The largest absolute Gasteiger partial charge is 0.466 e. The highest BCUT2D eigenvalue weighted by atomic mass is 32.1. The first-order valence-electron chi connectivity index (χ1n) is 11.5. The zero-order valence-electron chi connectivity index (χ0n) is 18.7. The zero-order chi connectivity index (χ0) is 22.2. The van der Waals surface area contributed by atoms with Gasteiger partial charge in [0.1, 0.15) is 6.04 Å². The van der Waals surface area contributed by atoms with Crippen molar-refractivity contribution in [3.63, 3.8) is 0 Å². The molecule has 2 N–H and O–H groups in total. The molecule has 1 saturated heterocycles. The van der Waals surface area contributed by atoms with E-state index in [-0.39, 0.29) is 23.3 Å². The van der Waals surface area contributed by atoms with E-state index < -0.39 is 12.0 Å². The van der Waals surface area contributed by atoms with E-state index in [1.165, 1.54) is 32.1 Å². The Kier molecular flexibility index (Phi) is 14.1. The van der Waals surface area contributed by atoms with Crippen LogP contribution in [-0.2, 0) is 19.1 Å². The Labute approximate surface area is 186 Å². The first-order chi connectivity index (χ1) is 14.5. The number of thiocarbonyl (C=S) groups is 1. The van der Waals surface area contributed by atoms with Crippen LogP contribution in [0.25, 0.3) is 0 Å². The first-order valence-corrected chi connectivity index (χ1v) is 11.9. The molecular formula is C22H39N3O4S. The monoisotopic (exact) mass is 441 g/mol. The maximum Gasteiger partial charge on any atom is 0.308 e. The van der Waals surface area contributed by atoms with Gasteiger partial charge in [0.05, 0.1) is 13.0 Å². The Hall–Kier alpha value is -1.70. The van der Waals surface area contributed by atoms with Crippen LogP contribution in [0.5, 0.6) is 0 Å². The maximum absolute atomic E-state index is 12.3. The second kappa shape index (κ2) is 16.1. The fourth-order valence-electron chi connectivity index (χ4n) is 3.39. The van der Waals surface area contributed by atoms with Gasteiger partial charge in [-0.3, -0.25) is 14.4 Å². The number of amides is 2. The third-order valence-corrected chi connectivity index (χ3v) is 5.55. The molecule has 172 valence electrons. The van der Waals surface area contributed by atoms with Gasteiger partial charge in [-0.2, -0.15) is 0 Å². The molecule has 1 fully saturated rings. The summed E-state index contributed by atoms with van der Waals surface area (Å²) in [6.45, 7) is 5.47. The number of hydrogen-bond donors (Lipinski definition) is 2. The summed E-state index contributed by atoms with van der Waals surface area (Å²) in [6, 6.07) is -0.746. The van der Waals surface area contributed by atoms with Crippen LogP contribution in [0.4, 0.5) is 0 Å². The van der Waals surface area contributed by atoms with Gasteiger partial charge in [0.15, 0.2) is 5.11 Å². The number of unbranched alkanes of at least 4 members (excludes halogenated alkanes) is 8. The lowest BCUT2D eigenvalue weighted by molar-refractivity contribution is -0.147. The summed E-state index contributed by atoms with van der Waals surface area (Å²) in [4.78, 5) is 38.1. The number of ether oxygens (including phenoxy) is 1. The molecule has 0 aliphatic carbocycles. The molecule has 0 spiro atoms. The van der Waals surface area contributed by atoms with Gasteiger partial charge in [-0.15, -0.1) is 0 Å². The third kappa shape index (κ3) is 10.9. The van der Waals surface area contributed by atoms with Crippen LogP contribution in [0, 0.1) is 0 Å². The predicted molar refractivity (Wildman–Crippen MR) is 122 cm³/mol. The molecule has 1 unspecified atom stereocenters. The van der Waals surface area contributed by atoms with Crippen LogP contribution in [0.2, 0.25) is 0 Å². The van der Waals surface area contributed by atoms with E-state index in [1.54, 1.807) is 4.90 Å². The van der Waals surface area contributed by atoms with E-state index in [0.717, 1.165) is 32.1 Å². The molecule has 1 rings (SSSR count). The number of nitrogens with zero attached hydrogens (tertiary/aromatic N) is 1. The lowest BCUT2D eigenvalue weighted by Crippen LogP contribution is -2.60. The molecule has 1 heterocycles. The molecule has 0 bridgehead atoms. The van der Waals surface area contributed by atoms with Crippen LogP contribution < -0.4 is 10.6 Å². The average molecular weight is 442 g/mol. The summed E-state index contributed by atoms with van der Waals surface area (Å²) in [7, 11) is 0. The number of rotatable bonds is 14. The Bertz CT molecular complexity index is 557. The summed E-state index contributed by atoms with van der Waals surface area (Å²) in [6.07, 6.45) is 11.4. The summed E-state index contributed by atoms with van der Waals surface area (Å²) in [5.74, 6) is -0.843.